The van der Waals surface area contributed by atoms with Gasteiger partial charge in [-0.3, -0.25) is 14.8 Å². The highest BCUT2D eigenvalue weighted by atomic mass is 16.5. The maximum absolute atomic E-state index is 12.8. The predicted molar refractivity (Wildman–Crippen MR) is 86.3 cm³/mol. The Labute approximate surface area is 134 Å². The van der Waals surface area contributed by atoms with E-state index in [0.717, 1.165) is 30.7 Å². The van der Waals surface area contributed by atoms with Crippen molar-refractivity contribution in [3.8, 4) is 0 Å². The van der Waals surface area contributed by atoms with E-state index in [0.29, 0.717) is 5.92 Å². The van der Waals surface area contributed by atoms with E-state index in [-0.39, 0.29) is 34.9 Å². The van der Waals surface area contributed by atoms with Crippen LogP contribution in [0.2, 0.25) is 0 Å². The van der Waals surface area contributed by atoms with E-state index < -0.39 is 0 Å². The van der Waals surface area contributed by atoms with Gasteiger partial charge in [0.05, 0.1) is 28.8 Å². The van der Waals surface area contributed by atoms with Gasteiger partial charge in [0, 0.05) is 18.1 Å². The summed E-state index contributed by atoms with van der Waals surface area (Å²) < 4.78 is 5.88. The topological polar surface area (TPSA) is 51.0 Å². The van der Waals surface area contributed by atoms with Crippen LogP contribution < -0.4 is 0 Å². The van der Waals surface area contributed by atoms with Gasteiger partial charge in [0.25, 0.3) is 0 Å². The van der Waals surface area contributed by atoms with Crippen molar-refractivity contribution >= 4 is 23.6 Å². The monoisotopic (exact) mass is 306 g/mol. The van der Waals surface area contributed by atoms with Gasteiger partial charge in [-0.2, -0.15) is 0 Å². The van der Waals surface area contributed by atoms with Gasteiger partial charge in [-0.1, -0.05) is 25.1 Å². The zero-order valence-electron chi connectivity index (χ0n) is 13.0. The third-order valence-corrected chi connectivity index (χ3v) is 7.23. The molecule has 4 fully saturated rings. The van der Waals surface area contributed by atoms with Crippen LogP contribution in [0.5, 0.6) is 0 Å². The molecule has 2 saturated heterocycles. The van der Waals surface area contributed by atoms with Crippen LogP contribution in [-0.4, -0.2) is 30.0 Å². The van der Waals surface area contributed by atoms with Gasteiger partial charge in [-0.05, 0) is 30.4 Å². The minimum Gasteiger partial charge on any atom is -0.461 e. The smallest absolute Gasteiger partial charge is 0.310 e. The Hall–Kier alpha value is -1.97. The number of esters is 1. The lowest BCUT2D eigenvalue weighted by Crippen LogP contribution is -2.74. The number of rotatable bonds is 1. The van der Waals surface area contributed by atoms with Crippen molar-refractivity contribution < 1.29 is 9.53 Å². The summed E-state index contributed by atoms with van der Waals surface area (Å²) in [7, 11) is 0. The number of fused-ring (bicyclic) bond motifs is 4. The average molecular weight is 306 g/mol. The van der Waals surface area contributed by atoms with Gasteiger partial charge >= 0.3 is 5.97 Å². The van der Waals surface area contributed by atoms with Gasteiger partial charge in [-0.15, -0.1) is 0 Å². The number of hydrogen-bond donors (Lipinski definition) is 0. The summed E-state index contributed by atoms with van der Waals surface area (Å²) >= 11 is 0. The molecule has 1 aromatic rings. The van der Waals surface area contributed by atoms with E-state index in [1.54, 1.807) is 0 Å². The number of hydrogen-bond acceptors (Lipinski definition) is 4. The Balaban J connectivity index is 1.70. The number of benzene rings is 1. The van der Waals surface area contributed by atoms with Crippen molar-refractivity contribution in [2.75, 3.05) is 0 Å². The molecule has 4 nitrogen and oxygen atoms in total. The summed E-state index contributed by atoms with van der Waals surface area (Å²) in [6.07, 6.45) is 4.90. The number of para-hydroxylation sites is 1. The summed E-state index contributed by atoms with van der Waals surface area (Å²) in [4.78, 5) is 22.7. The van der Waals surface area contributed by atoms with Crippen LogP contribution in [0.3, 0.4) is 0 Å². The van der Waals surface area contributed by atoms with Crippen LogP contribution in [0.4, 0.5) is 5.69 Å². The highest BCUT2D eigenvalue weighted by Gasteiger charge is 2.74. The molecule has 2 aliphatic carbocycles. The van der Waals surface area contributed by atoms with Crippen LogP contribution in [0.1, 0.15) is 31.7 Å². The summed E-state index contributed by atoms with van der Waals surface area (Å²) in [5.74, 6) is 0.256. The first-order valence-electron chi connectivity index (χ1n) is 8.64. The third kappa shape index (κ3) is 1.10. The number of ether oxygens (including phenoxy) is 1. The number of nitrogens with zero attached hydrogens (tertiary/aromatic N) is 2. The Kier molecular flexibility index (Phi) is 1.94. The molecule has 4 heteroatoms. The summed E-state index contributed by atoms with van der Waals surface area (Å²) in [6.45, 7) is 2.21. The van der Waals surface area contributed by atoms with Crippen LogP contribution in [-0.2, 0) is 14.9 Å². The molecule has 4 heterocycles. The highest BCUT2D eigenvalue weighted by Crippen LogP contribution is 2.68. The largest absolute Gasteiger partial charge is 0.461 e. The van der Waals surface area contributed by atoms with Gasteiger partial charge in [0.1, 0.15) is 6.10 Å². The lowest BCUT2D eigenvalue weighted by atomic mass is 9.41. The first kappa shape index (κ1) is 12.5. The standard InChI is InChI=1S/C19H18N2O2/c1-2-18-9-20-13-7-11(18)15-17(22)23-14(18)8-19(15)10-5-3-4-6-12(10)21-16(13)19/h3-6,9,11,13-15H,2,7-8H2,1H3/t11-,13+,14?,15+,18?,19+/m1/s1. The fraction of sp³-hybridized carbons (Fsp3) is 0.526. The van der Waals surface area contributed by atoms with Crippen molar-refractivity contribution in [2.45, 2.75) is 43.7 Å². The average Bonchev–Trinajstić information content (AvgIpc) is 2.89. The molecule has 1 aromatic carbocycles. The second kappa shape index (κ2) is 3.58. The van der Waals surface area contributed by atoms with Gasteiger partial charge in [0.15, 0.2) is 0 Å². The second-order valence-electron chi connectivity index (χ2n) is 7.69. The van der Waals surface area contributed by atoms with E-state index >= 15 is 0 Å². The Bertz CT molecular complexity index is 828. The number of carbonyl (C=O) groups is 1. The molecular formula is C19H18N2O2. The minimum absolute atomic E-state index is 0.00604. The summed E-state index contributed by atoms with van der Waals surface area (Å²) in [5.41, 5.74) is 3.09. The zero-order chi connectivity index (χ0) is 15.4. The minimum atomic E-state index is -0.249. The van der Waals surface area contributed by atoms with Crippen LogP contribution in [0.15, 0.2) is 34.3 Å². The molecule has 23 heavy (non-hydrogen) atoms. The van der Waals surface area contributed by atoms with Crippen molar-refractivity contribution in [1.82, 2.24) is 0 Å². The van der Waals surface area contributed by atoms with Crippen molar-refractivity contribution in [3.63, 3.8) is 0 Å². The predicted octanol–water partition coefficient (Wildman–Crippen LogP) is 2.83. The SMILES string of the molecule is CCC12C=N[C@H]3C[C@@H]1[C@H]1C(=O)OC2C[C@@]12C3=Nc1ccccc12. The fourth-order valence-corrected chi connectivity index (χ4v) is 6.29. The normalized spacial score (nSPS) is 47.2. The van der Waals surface area contributed by atoms with Crippen molar-refractivity contribution in [2.24, 2.45) is 27.2 Å². The summed E-state index contributed by atoms with van der Waals surface area (Å²) in [5, 5.41) is 0. The molecule has 6 atom stereocenters. The molecule has 5 bridgehead atoms. The quantitative estimate of drug-likeness (QED) is 0.749. The number of carbonyl (C=O) groups excluding carboxylic acids is 1. The molecule has 2 saturated carbocycles. The Morgan fingerprint density at radius 3 is 3.09 bits per heavy atom. The number of aliphatic imine (C=N–C) groups is 2. The second-order valence-corrected chi connectivity index (χ2v) is 7.69. The van der Waals surface area contributed by atoms with Crippen LogP contribution in [0, 0.1) is 17.3 Å². The zero-order valence-corrected chi connectivity index (χ0v) is 13.0. The first-order valence-corrected chi connectivity index (χ1v) is 8.64. The molecule has 0 aromatic heterocycles. The molecular weight excluding hydrogens is 288 g/mol. The highest BCUT2D eigenvalue weighted by molar-refractivity contribution is 6.11. The molecule has 116 valence electrons. The van der Waals surface area contributed by atoms with E-state index in [4.69, 9.17) is 14.7 Å². The molecule has 6 aliphatic rings. The lowest BCUT2D eigenvalue weighted by Gasteiger charge is -2.65. The van der Waals surface area contributed by atoms with Crippen LogP contribution in [0.25, 0.3) is 0 Å². The molecule has 0 N–H and O–H groups in total. The van der Waals surface area contributed by atoms with Crippen molar-refractivity contribution in [3.05, 3.63) is 29.8 Å². The van der Waals surface area contributed by atoms with Gasteiger partial charge in [0.2, 0.25) is 0 Å². The van der Waals surface area contributed by atoms with Crippen molar-refractivity contribution in [1.29, 1.82) is 0 Å². The molecule has 0 radical (unpaired) electrons. The van der Waals surface area contributed by atoms with E-state index in [2.05, 4.69) is 31.3 Å². The first-order chi connectivity index (χ1) is 11.2. The van der Waals surface area contributed by atoms with E-state index in [9.17, 15) is 4.79 Å². The summed E-state index contributed by atoms with van der Waals surface area (Å²) in [6, 6.07) is 8.49. The van der Waals surface area contributed by atoms with E-state index in [1.807, 2.05) is 6.07 Å². The molecule has 0 amide bonds. The van der Waals surface area contributed by atoms with Gasteiger partial charge in [-0.25, -0.2) is 0 Å². The third-order valence-electron chi connectivity index (χ3n) is 7.23. The van der Waals surface area contributed by atoms with Crippen LogP contribution >= 0.6 is 0 Å². The Morgan fingerprint density at radius 1 is 1.35 bits per heavy atom. The molecule has 1 spiro atoms. The maximum atomic E-state index is 12.8. The fourth-order valence-electron chi connectivity index (χ4n) is 6.29. The maximum Gasteiger partial charge on any atom is 0.310 e. The molecule has 7 rings (SSSR count). The molecule has 2 unspecified atom stereocenters. The Morgan fingerprint density at radius 2 is 2.22 bits per heavy atom. The molecule has 4 aliphatic heterocycles. The van der Waals surface area contributed by atoms with Gasteiger partial charge < -0.3 is 4.74 Å². The lowest BCUT2D eigenvalue weighted by molar-refractivity contribution is -0.206. The van der Waals surface area contributed by atoms with E-state index in [1.165, 1.54) is 5.56 Å².